The van der Waals surface area contributed by atoms with Gasteiger partial charge in [-0.2, -0.15) is 10.1 Å². The smallest absolute Gasteiger partial charge is 0.270 e. The van der Waals surface area contributed by atoms with Crippen molar-refractivity contribution in [3.05, 3.63) is 29.2 Å². The van der Waals surface area contributed by atoms with E-state index in [1.54, 1.807) is 18.7 Å². The maximum absolute atomic E-state index is 12.7. The molecule has 2 aromatic rings. The Morgan fingerprint density at radius 3 is 2.73 bits per heavy atom. The number of carbonyl (C=O) groups excluding carboxylic acids is 1. The Bertz CT molecular complexity index is 682. The van der Waals surface area contributed by atoms with E-state index in [4.69, 9.17) is 4.52 Å². The molecule has 0 bridgehead atoms. The minimum Gasteiger partial charge on any atom is -0.340 e. The lowest BCUT2D eigenvalue weighted by Crippen LogP contribution is -2.45. The van der Waals surface area contributed by atoms with Crippen LogP contribution in [-0.4, -0.2) is 25.8 Å². The first kappa shape index (κ1) is 14.7. The quantitative estimate of drug-likeness (QED) is 0.932. The largest absolute Gasteiger partial charge is 0.340 e. The van der Waals surface area contributed by atoms with Crippen molar-refractivity contribution in [1.29, 1.82) is 0 Å². The second-order valence-corrected chi connectivity index (χ2v) is 5.88. The summed E-state index contributed by atoms with van der Waals surface area (Å²) in [5.41, 5.74) is 0.942. The van der Waals surface area contributed by atoms with Gasteiger partial charge in [0, 0.05) is 14.0 Å². The molecule has 1 aliphatic rings. The summed E-state index contributed by atoms with van der Waals surface area (Å²) in [5, 5.41) is 11.5. The van der Waals surface area contributed by atoms with Gasteiger partial charge in [-0.05, 0) is 25.3 Å². The lowest BCUT2D eigenvalue weighted by Gasteiger charge is -2.26. The van der Waals surface area contributed by atoms with E-state index in [1.807, 2.05) is 13.0 Å². The van der Waals surface area contributed by atoms with Crippen LogP contribution in [-0.2, 0) is 19.0 Å². The molecule has 1 saturated carbocycles. The molecule has 0 unspecified atom stereocenters. The van der Waals surface area contributed by atoms with Crippen molar-refractivity contribution in [3.8, 4) is 0 Å². The first-order valence-electron chi connectivity index (χ1n) is 7.70. The molecule has 1 fully saturated rings. The molecule has 1 amide bonds. The highest BCUT2D eigenvalue weighted by Gasteiger charge is 2.41. The standard InChI is InChI=1S/C15H21N5O2/c1-4-11-9-12(20(3)18-11)13(21)17-15(7-5-6-8-15)14-16-10(2)22-19-14/h9H,4-8H2,1-3H3,(H,17,21). The van der Waals surface area contributed by atoms with Gasteiger partial charge >= 0.3 is 0 Å². The van der Waals surface area contributed by atoms with Gasteiger partial charge in [0.15, 0.2) is 5.82 Å². The molecular weight excluding hydrogens is 282 g/mol. The van der Waals surface area contributed by atoms with Crippen molar-refractivity contribution in [2.45, 2.75) is 51.5 Å². The highest BCUT2D eigenvalue weighted by atomic mass is 16.5. The Morgan fingerprint density at radius 2 is 2.18 bits per heavy atom. The van der Waals surface area contributed by atoms with Gasteiger partial charge in [-0.1, -0.05) is 24.9 Å². The number of hydrogen-bond donors (Lipinski definition) is 1. The lowest BCUT2D eigenvalue weighted by molar-refractivity contribution is 0.0882. The van der Waals surface area contributed by atoms with Crippen LogP contribution >= 0.6 is 0 Å². The molecule has 0 spiro atoms. The molecule has 1 aliphatic carbocycles. The maximum Gasteiger partial charge on any atom is 0.270 e. The van der Waals surface area contributed by atoms with Crippen molar-refractivity contribution in [1.82, 2.24) is 25.2 Å². The van der Waals surface area contributed by atoms with Crippen molar-refractivity contribution >= 4 is 5.91 Å². The summed E-state index contributed by atoms with van der Waals surface area (Å²) in [6.45, 7) is 3.78. The molecule has 1 N–H and O–H groups in total. The normalized spacial score (nSPS) is 16.9. The van der Waals surface area contributed by atoms with Crippen LogP contribution in [0.2, 0.25) is 0 Å². The van der Waals surface area contributed by atoms with E-state index >= 15 is 0 Å². The van der Waals surface area contributed by atoms with Crippen molar-refractivity contribution in [3.63, 3.8) is 0 Å². The first-order valence-corrected chi connectivity index (χ1v) is 7.70. The van der Waals surface area contributed by atoms with Crippen LogP contribution in [0.4, 0.5) is 0 Å². The van der Waals surface area contributed by atoms with Gasteiger partial charge in [0.2, 0.25) is 5.89 Å². The molecule has 2 heterocycles. The van der Waals surface area contributed by atoms with E-state index in [0.717, 1.165) is 37.8 Å². The third-order valence-electron chi connectivity index (χ3n) is 4.29. The fourth-order valence-electron chi connectivity index (χ4n) is 3.07. The SMILES string of the molecule is CCc1cc(C(=O)NC2(c3noc(C)n3)CCCC2)n(C)n1. The maximum atomic E-state index is 12.7. The monoisotopic (exact) mass is 303 g/mol. The third-order valence-corrected chi connectivity index (χ3v) is 4.29. The van der Waals surface area contributed by atoms with Gasteiger partial charge in [0.1, 0.15) is 11.2 Å². The van der Waals surface area contributed by atoms with Gasteiger partial charge in [-0.25, -0.2) is 0 Å². The molecule has 0 atom stereocenters. The number of hydrogen-bond acceptors (Lipinski definition) is 5. The summed E-state index contributed by atoms with van der Waals surface area (Å²) < 4.78 is 6.73. The zero-order valence-electron chi connectivity index (χ0n) is 13.2. The van der Waals surface area contributed by atoms with Crippen LogP contribution in [0, 0.1) is 6.92 Å². The number of carbonyl (C=O) groups is 1. The summed E-state index contributed by atoms with van der Waals surface area (Å²) in [4.78, 5) is 17.0. The number of aromatic nitrogens is 4. The second kappa shape index (κ2) is 5.55. The van der Waals surface area contributed by atoms with Crippen molar-refractivity contribution < 1.29 is 9.32 Å². The Kier molecular flexibility index (Phi) is 3.72. The third kappa shape index (κ3) is 2.51. The van der Waals surface area contributed by atoms with Crippen LogP contribution in [0.3, 0.4) is 0 Å². The summed E-state index contributed by atoms with van der Waals surface area (Å²) in [7, 11) is 1.79. The molecule has 118 valence electrons. The van der Waals surface area contributed by atoms with Gasteiger partial charge in [0.25, 0.3) is 5.91 Å². The highest BCUT2D eigenvalue weighted by molar-refractivity contribution is 5.93. The van der Waals surface area contributed by atoms with E-state index in [2.05, 4.69) is 20.6 Å². The fourth-order valence-corrected chi connectivity index (χ4v) is 3.07. The molecule has 3 rings (SSSR count). The van der Waals surface area contributed by atoms with Crippen LogP contribution in [0.25, 0.3) is 0 Å². The summed E-state index contributed by atoms with van der Waals surface area (Å²) >= 11 is 0. The molecule has 7 heteroatoms. The number of rotatable bonds is 4. The second-order valence-electron chi connectivity index (χ2n) is 5.88. The molecule has 2 aromatic heterocycles. The molecular formula is C15H21N5O2. The van der Waals surface area contributed by atoms with E-state index in [1.165, 1.54) is 0 Å². The Labute approximate surface area is 129 Å². The number of aryl methyl sites for hydroxylation is 3. The fraction of sp³-hybridized carbons (Fsp3) is 0.600. The zero-order valence-corrected chi connectivity index (χ0v) is 13.2. The predicted molar refractivity (Wildman–Crippen MR) is 79.2 cm³/mol. The van der Waals surface area contributed by atoms with Crippen molar-refractivity contribution in [2.24, 2.45) is 7.05 Å². The van der Waals surface area contributed by atoms with Crippen LogP contribution in [0.15, 0.2) is 10.6 Å². The van der Waals surface area contributed by atoms with Crippen LogP contribution in [0.1, 0.15) is 60.5 Å². The van der Waals surface area contributed by atoms with E-state index < -0.39 is 5.54 Å². The molecule has 0 saturated heterocycles. The van der Waals surface area contributed by atoms with Crippen molar-refractivity contribution in [2.75, 3.05) is 0 Å². The van der Waals surface area contributed by atoms with Gasteiger partial charge in [-0.15, -0.1) is 0 Å². The van der Waals surface area contributed by atoms with E-state index in [-0.39, 0.29) is 5.91 Å². The molecule has 7 nitrogen and oxygen atoms in total. The molecule has 22 heavy (non-hydrogen) atoms. The number of nitrogens with one attached hydrogen (secondary N) is 1. The number of nitrogens with zero attached hydrogens (tertiary/aromatic N) is 4. The lowest BCUT2D eigenvalue weighted by atomic mass is 9.96. The summed E-state index contributed by atoms with van der Waals surface area (Å²) in [6.07, 6.45) is 4.54. The van der Waals surface area contributed by atoms with Crippen LogP contribution in [0.5, 0.6) is 0 Å². The number of amides is 1. The average Bonchev–Trinajstić information content (AvgIpc) is 3.19. The van der Waals surface area contributed by atoms with E-state index in [9.17, 15) is 4.79 Å². The van der Waals surface area contributed by atoms with Gasteiger partial charge in [0.05, 0.1) is 5.69 Å². The van der Waals surface area contributed by atoms with Gasteiger partial charge < -0.3 is 9.84 Å². The Hall–Kier alpha value is -2.18. The minimum atomic E-state index is -0.522. The van der Waals surface area contributed by atoms with Gasteiger partial charge in [-0.3, -0.25) is 9.48 Å². The first-order chi connectivity index (χ1) is 10.5. The van der Waals surface area contributed by atoms with E-state index in [0.29, 0.717) is 17.4 Å². The highest BCUT2D eigenvalue weighted by Crippen LogP contribution is 2.37. The summed E-state index contributed by atoms with van der Waals surface area (Å²) in [6, 6.07) is 1.83. The summed E-state index contributed by atoms with van der Waals surface area (Å²) in [5.74, 6) is 0.956. The molecule has 0 aliphatic heterocycles. The Morgan fingerprint density at radius 1 is 1.45 bits per heavy atom. The van der Waals surface area contributed by atoms with Crippen LogP contribution < -0.4 is 5.32 Å². The minimum absolute atomic E-state index is 0.140. The molecule has 0 aromatic carbocycles. The molecule has 0 radical (unpaired) electrons. The zero-order chi connectivity index (χ0) is 15.7. The predicted octanol–water partition coefficient (Wildman–Crippen LogP) is 1.87. The Balaban J connectivity index is 1.88. The average molecular weight is 303 g/mol. The topological polar surface area (TPSA) is 85.8 Å².